The molecule has 0 radical (unpaired) electrons. The number of rotatable bonds is 2. The summed E-state index contributed by atoms with van der Waals surface area (Å²) >= 11 is 1.68. The van der Waals surface area contributed by atoms with Crippen molar-refractivity contribution in [2.45, 2.75) is 0 Å². The summed E-state index contributed by atoms with van der Waals surface area (Å²) in [5.74, 6) is 0.893. The first-order chi connectivity index (χ1) is 6.90. The van der Waals surface area contributed by atoms with Crippen LogP contribution in [0.25, 0.3) is 11.1 Å². The minimum absolute atomic E-state index is 0.893. The van der Waals surface area contributed by atoms with E-state index in [0.717, 1.165) is 5.75 Å². The van der Waals surface area contributed by atoms with E-state index in [2.05, 4.69) is 24.3 Å². The van der Waals surface area contributed by atoms with Crippen molar-refractivity contribution in [2.75, 3.05) is 0 Å². The zero-order valence-corrected chi connectivity index (χ0v) is 9.17. The Hall–Kier alpha value is -1.05. The van der Waals surface area contributed by atoms with Gasteiger partial charge in [0.2, 0.25) is 0 Å². The Morgan fingerprint density at radius 3 is 1.86 bits per heavy atom. The third kappa shape index (κ3) is 2.06. The molecule has 14 heavy (non-hydrogen) atoms. The average molecular weight is 217 g/mol. The van der Waals surface area contributed by atoms with Crippen LogP contribution in [0.2, 0.25) is 0 Å². The second kappa shape index (κ2) is 4.45. The molecule has 2 aromatic rings. The Labute approximate surface area is 95.6 Å². The molecule has 0 unspecified atom stereocenters. The van der Waals surface area contributed by atoms with Crippen LogP contribution < -0.4 is 3.32 Å². The SMILES string of the molecule is [Ti][O]c1ccc(-c2ccccc2)cc1. The molecule has 0 amide bonds. The molecule has 2 rings (SSSR count). The zero-order valence-electron chi connectivity index (χ0n) is 7.60. The van der Waals surface area contributed by atoms with E-state index in [9.17, 15) is 0 Å². The van der Waals surface area contributed by atoms with E-state index in [0.29, 0.717) is 0 Å². The first-order valence-corrected chi connectivity index (χ1v) is 5.03. The molecule has 0 aromatic heterocycles. The Morgan fingerprint density at radius 1 is 0.714 bits per heavy atom. The van der Waals surface area contributed by atoms with Crippen molar-refractivity contribution in [3.8, 4) is 16.9 Å². The number of benzene rings is 2. The van der Waals surface area contributed by atoms with Crippen molar-refractivity contribution in [3.63, 3.8) is 0 Å². The van der Waals surface area contributed by atoms with Crippen LogP contribution in [-0.4, -0.2) is 0 Å². The summed E-state index contributed by atoms with van der Waals surface area (Å²) in [6.45, 7) is 0. The zero-order chi connectivity index (χ0) is 9.80. The van der Waals surface area contributed by atoms with Gasteiger partial charge in [0.15, 0.2) is 0 Å². The van der Waals surface area contributed by atoms with E-state index in [4.69, 9.17) is 3.32 Å². The van der Waals surface area contributed by atoms with Gasteiger partial charge in [-0.3, -0.25) is 0 Å². The van der Waals surface area contributed by atoms with Gasteiger partial charge in [-0.2, -0.15) is 0 Å². The Balaban J connectivity index is 2.34. The van der Waals surface area contributed by atoms with Crippen molar-refractivity contribution >= 4 is 0 Å². The fourth-order valence-corrected chi connectivity index (χ4v) is 1.56. The van der Waals surface area contributed by atoms with Crippen LogP contribution in [0, 0.1) is 0 Å². The van der Waals surface area contributed by atoms with Gasteiger partial charge in [-0.25, -0.2) is 0 Å². The van der Waals surface area contributed by atoms with Crippen molar-refractivity contribution in [2.24, 2.45) is 0 Å². The first kappa shape index (κ1) is 9.51. The van der Waals surface area contributed by atoms with Gasteiger partial charge in [0, 0.05) is 0 Å². The molecule has 67 valence electrons. The van der Waals surface area contributed by atoms with Crippen LogP contribution in [0.15, 0.2) is 54.6 Å². The average Bonchev–Trinajstić information content (AvgIpc) is 2.30. The van der Waals surface area contributed by atoms with Gasteiger partial charge in [-0.05, 0) is 0 Å². The maximum atomic E-state index is 5.11. The molecule has 0 aliphatic carbocycles. The van der Waals surface area contributed by atoms with E-state index in [1.54, 1.807) is 20.8 Å². The maximum absolute atomic E-state index is 5.11. The molecule has 0 atom stereocenters. The van der Waals surface area contributed by atoms with Crippen LogP contribution in [0.1, 0.15) is 0 Å². The summed E-state index contributed by atoms with van der Waals surface area (Å²) in [6.07, 6.45) is 0. The number of hydrogen-bond acceptors (Lipinski definition) is 1. The topological polar surface area (TPSA) is 9.23 Å². The summed E-state index contributed by atoms with van der Waals surface area (Å²) in [6, 6.07) is 18.4. The molecule has 0 saturated carbocycles. The fourth-order valence-electron chi connectivity index (χ4n) is 1.35. The van der Waals surface area contributed by atoms with Gasteiger partial charge < -0.3 is 0 Å². The molecule has 0 aliphatic rings. The van der Waals surface area contributed by atoms with E-state index >= 15 is 0 Å². The van der Waals surface area contributed by atoms with Gasteiger partial charge in [-0.15, -0.1) is 0 Å². The normalized spacial score (nSPS) is 9.64. The molecule has 2 aromatic carbocycles. The molecule has 0 saturated heterocycles. The second-order valence-corrected chi connectivity index (χ2v) is 3.31. The fraction of sp³-hybridized carbons (Fsp3) is 0. The summed E-state index contributed by atoms with van der Waals surface area (Å²) < 4.78 is 5.11. The molecular formula is C12H9OTi. The van der Waals surface area contributed by atoms with Gasteiger partial charge >= 0.3 is 95.6 Å². The molecule has 0 spiro atoms. The summed E-state index contributed by atoms with van der Waals surface area (Å²) in [4.78, 5) is 0. The molecule has 0 N–H and O–H groups in total. The Morgan fingerprint density at radius 2 is 1.29 bits per heavy atom. The van der Waals surface area contributed by atoms with Gasteiger partial charge in [0.05, 0.1) is 0 Å². The van der Waals surface area contributed by atoms with Crippen LogP contribution in [-0.2, 0) is 20.8 Å². The Bertz CT molecular complexity index is 394. The summed E-state index contributed by atoms with van der Waals surface area (Å²) in [7, 11) is 0. The summed E-state index contributed by atoms with van der Waals surface area (Å²) in [5.41, 5.74) is 2.45. The van der Waals surface area contributed by atoms with E-state index in [1.807, 2.05) is 30.3 Å². The first-order valence-electron chi connectivity index (χ1n) is 4.39. The molecule has 1 nitrogen and oxygen atoms in total. The van der Waals surface area contributed by atoms with Gasteiger partial charge in [0.25, 0.3) is 0 Å². The third-order valence-electron chi connectivity index (χ3n) is 2.08. The van der Waals surface area contributed by atoms with Gasteiger partial charge in [-0.1, -0.05) is 0 Å². The van der Waals surface area contributed by atoms with Crippen molar-refractivity contribution in [1.29, 1.82) is 0 Å². The molecule has 2 heteroatoms. The van der Waals surface area contributed by atoms with E-state index in [1.165, 1.54) is 11.1 Å². The minimum atomic E-state index is 0.893. The third-order valence-corrected chi connectivity index (χ3v) is 2.45. The van der Waals surface area contributed by atoms with Crippen molar-refractivity contribution < 1.29 is 24.1 Å². The monoisotopic (exact) mass is 217 g/mol. The quantitative estimate of drug-likeness (QED) is 0.702. The summed E-state index contributed by atoms with van der Waals surface area (Å²) in [5, 5.41) is 0. The molecule has 0 aliphatic heterocycles. The predicted molar refractivity (Wildman–Crippen MR) is 52.5 cm³/mol. The molecule has 0 fully saturated rings. The van der Waals surface area contributed by atoms with Crippen LogP contribution in [0.3, 0.4) is 0 Å². The van der Waals surface area contributed by atoms with E-state index in [-0.39, 0.29) is 0 Å². The predicted octanol–water partition coefficient (Wildman–Crippen LogP) is 3.19. The van der Waals surface area contributed by atoms with Crippen LogP contribution in [0.4, 0.5) is 0 Å². The van der Waals surface area contributed by atoms with Crippen molar-refractivity contribution in [1.82, 2.24) is 0 Å². The Kier molecular flexibility index (Phi) is 3.02. The van der Waals surface area contributed by atoms with Crippen molar-refractivity contribution in [3.05, 3.63) is 54.6 Å². The van der Waals surface area contributed by atoms with Crippen LogP contribution in [0.5, 0.6) is 5.75 Å². The second-order valence-electron chi connectivity index (χ2n) is 2.99. The number of hydrogen-bond donors (Lipinski definition) is 0. The van der Waals surface area contributed by atoms with Crippen LogP contribution >= 0.6 is 0 Å². The molecule has 0 bridgehead atoms. The van der Waals surface area contributed by atoms with E-state index < -0.39 is 0 Å². The molecule has 0 heterocycles. The van der Waals surface area contributed by atoms with Gasteiger partial charge in [0.1, 0.15) is 0 Å². The molecular weight excluding hydrogens is 208 g/mol. The standard InChI is InChI=1S/C12H10O.Ti/c13-12-8-6-11(7-9-12)10-4-2-1-3-5-10;/h1-9,13H;/q;+1/p-1.